The molecule has 0 radical (unpaired) electrons. The highest BCUT2D eigenvalue weighted by atomic mass is 32.2. The van der Waals surface area contributed by atoms with Crippen LogP contribution >= 0.6 is 0 Å². The van der Waals surface area contributed by atoms with Gasteiger partial charge in [-0.15, -0.1) is 0 Å². The first kappa shape index (κ1) is 19.3. The lowest BCUT2D eigenvalue weighted by atomic mass is 10.4. The Balaban J connectivity index is 0.000000288. The summed E-state index contributed by atoms with van der Waals surface area (Å²) in [4.78, 5) is 16.0. The van der Waals surface area contributed by atoms with Crippen LogP contribution in [0.1, 0.15) is 12.8 Å². The average Bonchev–Trinajstić information content (AvgIpc) is 2.75. The number of nitrogens with zero attached hydrogens (tertiary/aromatic N) is 2. The second-order valence-electron chi connectivity index (χ2n) is 3.86. The molecule has 1 aromatic rings. The number of hydrogen-bond donors (Lipinski definition) is 1. The van der Waals surface area contributed by atoms with Gasteiger partial charge in [-0.3, -0.25) is 14.3 Å². The van der Waals surface area contributed by atoms with Gasteiger partial charge in [0.15, 0.2) is 0 Å². The molecule has 0 bridgehead atoms. The molecule has 1 amide bonds. The number of carbonyl (C=O) groups excluding carboxylic acids is 1. The van der Waals surface area contributed by atoms with Crippen LogP contribution in [-0.2, 0) is 14.9 Å². The lowest BCUT2D eigenvalue weighted by Crippen LogP contribution is -2.21. The number of carbonyl (C=O) groups is 1. The summed E-state index contributed by atoms with van der Waals surface area (Å²) < 4.78 is 57.5. The fraction of sp³-hybridized carbons (Fsp3) is 0.455. The van der Waals surface area contributed by atoms with Crippen LogP contribution in [0.25, 0.3) is 0 Å². The number of hydrogen-bond acceptors (Lipinski definition) is 4. The van der Waals surface area contributed by atoms with Crippen molar-refractivity contribution in [3.63, 3.8) is 0 Å². The van der Waals surface area contributed by atoms with Gasteiger partial charge >= 0.3 is 15.6 Å². The molecule has 1 N–H and O–H groups in total. The molecule has 6 nitrogen and oxygen atoms in total. The Morgan fingerprint density at radius 2 is 1.71 bits per heavy atom. The molecule has 1 aromatic heterocycles. The van der Waals surface area contributed by atoms with E-state index in [-0.39, 0.29) is 0 Å². The van der Waals surface area contributed by atoms with Gasteiger partial charge in [-0.2, -0.15) is 21.6 Å². The molecule has 10 heteroatoms. The third kappa shape index (κ3) is 8.97. The van der Waals surface area contributed by atoms with Gasteiger partial charge in [0, 0.05) is 32.4 Å². The van der Waals surface area contributed by atoms with Crippen LogP contribution in [0.2, 0.25) is 0 Å². The largest absolute Gasteiger partial charge is 0.522 e. The summed E-state index contributed by atoms with van der Waals surface area (Å²) in [5.74, 6) is 0.292. The third-order valence-electron chi connectivity index (χ3n) is 2.17. The Kier molecular flexibility index (Phi) is 7.89. The van der Waals surface area contributed by atoms with Crippen molar-refractivity contribution in [2.24, 2.45) is 0 Å². The number of aromatic nitrogens is 1. The number of halogens is 3. The van der Waals surface area contributed by atoms with Crippen molar-refractivity contribution in [2.75, 3.05) is 13.6 Å². The molecule has 2 heterocycles. The molecule has 1 aliphatic heterocycles. The standard InChI is InChI=1S/C5H9NO.C5H5N.CHF3O3S/c1-6-4-2-3-5(6)7;1-2-4-6-5-3-1;2-1(3,4)8(5,6)7/h2-4H2,1H3;1-5H;(H,5,6,7). The zero-order valence-corrected chi connectivity index (χ0v) is 11.9. The van der Waals surface area contributed by atoms with E-state index in [1.807, 2.05) is 25.2 Å². The maximum absolute atomic E-state index is 10.7. The molecule has 0 spiro atoms. The van der Waals surface area contributed by atoms with Crippen molar-refractivity contribution >= 4 is 16.0 Å². The van der Waals surface area contributed by atoms with Gasteiger partial charge in [0.25, 0.3) is 0 Å². The number of pyridine rings is 1. The first-order chi connectivity index (χ1) is 9.55. The first-order valence-electron chi connectivity index (χ1n) is 5.68. The minimum absolute atomic E-state index is 0.292. The van der Waals surface area contributed by atoms with E-state index in [2.05, 4.69) is 4.98 Å². The van der Waals surface area contributed by atoms with Crippen LogP contribution in [0.15, 0.2) is 30.6 Å². The molecule has 0 unspecified atom stereocenters. The minimum Gasteiger partial charge on any atom is -0.346 e. The molecule has 1 aliphatic rings. The second-order valence-corrected chi connectivity index (χ2v) is 5.28. The van der Waals surface area contributed by atoms with E-state index in [0.29, 0.717) is 5.91 Å². The second kappa shape index (κ2) is 8.57. The molecule has 21 heavy (non-hydrogen) atoms. The lowest BCUT2D eigenvalue weighted by molar-refractivity contribution is -0.126. The molecule has 120 valence electrons. The quantitative estimate of drug-likeness (QED) is 0.579. The Morgan fingerprint density at radius 3 is 1.81 bits per heavy atom. The highest BCUT2D eigenvalue weighted by molar-refractivity contribution is 7.86. The van der Waals surface area contributed by atoms with Crippen LogP contribution in [0.5, 0.6) is 0 Å². The summed E-state index contributed by atoms with van der Waals surface area (Å²) in [5, 5.41) is 0. The molecule has 0 atom stereocenters. The summed E-state index contributed by atoms with van der Waals surface area (Å²) in [6.45, 7) is 0.957. The lowest BCUT2D eigenvalue weighted by Gasteiger charge is -2.03. The van der Waals surface area contributed by atoms with E-state index >= 15 is 0 Å². The number of alkyl halides is 3. The predicted octanol–water partition coefficient (Wildman–Crippen LogP) is 1.71. The topological polar surface area (TPSA) is 87.6 Å². The van der Waals surface area contributed by atoms with Crippen LogP contribution < -0.4 is 0 Å². The fourth-order valence-corrected chi connectivity index (χ4v) is 1.10. The maximum Gasteiger partial charge on any atom is 0.522 e. The van der Waals surface area contributed by atoms with Crippen LogP contribution in [0.3, 0.4) is 0 Å². The van der Waals surface area contributed by atoms with Crippen molar-refractivity contribution < 1.29 is 30.9 Å². The van der Waals surface area contributed by atoms with Crippen LogP contribution in [-0.4, -0.2) is 47.9 Å². The van der Waals surface area contributed by atoms with E-state index in [4.69, 9.17) is 13.0 Å². The van der Waals surface area contributed by atoms with Gasteiger partial charge in [-0.1, -0.05) is 6.07 Å². The van der Waals surface area contributed by atoms with Gasteiger partial charge in [-0.25, -0.2) is 0 Å². The molecule has 0 aliphatic carbocycles. The smallest absolute Gasteiger partial charge is 0.346 e. The monoisotopic (exact) mass is 328 g/mol. The Bertz CT molecular complexity index is 493. The Morgan fingerprint density at radius 1 is 1.24 bits per heavy atom. The Labute approximate surface area is 120 Å². The zero-order chi connectivity index (χ0) is 16.5. The number of amides is 1. The van der Waals surface area contributed by atoms with Crippen molar-refractivity contribution in [3.8, 4) is 0 Å². The molecule has 0 saturated carbocycles. The Hall–Kier alpha value is -1.68. The van der Waals surface area contributed by atoms with Gasteiger partial charge < -0.3 is 4.90 Å². The summed E-state index contributed by atoms with van der Waals surface area (Å²) in [7, 11) is -4.00. The number of likely N-dealkylation sites (tertiary alicyclic amines) is 1. The zero-order valence-electron chi connectivity index (χ0n) is 11.1. The van der Waals surface area contributed by atoms with Crippen LogP contribution in [0.4, 0.5) is 13.2 Å². The van der Waals surface area contributed by atoms with Gasteiger partial charge in [-0.05, 0) is 18.6 Å². The van der Waals surface area contributed by atoms with E-state index in [1.165, 1.54) is 0 Å². The normalized spacial score (nSPS) is 14.7. The van der Waals surface area contributed by atoms with Crippen molar-refractivity contribution in [1.82, 2.24) is 9.88 Å². The highest BCUT2D eigenvalue weighted by Crippen LogP contribution is 2.20. The highest BCUT2D eigenvalue weighted by Gasteiger charge is 2.44. The van der Waals surface area contributed by atoms with Gasteiger partial charge in [0.05, 0.1) is 0 Å². The van der Waals surface area contributed by atoms with Crippen molar-refractivity contribution in [2.45, 2.75) is 18.3 Å². The van der Waals surface area contributed by atoms with Crippen molar-refractivity contribution in [1.29, 1.82) is 0 Å². The molecule has 2 rings (SSSR count). The summed E-state index contributed by atoms with van der Waals surface area (Å²) in [6.07, 6.45) is 5.31. The minimum atomic E-state index is -5.84. The van der Waals surface area contributed by atoms with E-state index in [1.54, 1.807) is 17.3 Å². The van der Waals surface area contributed by atoms with E-state index in [0.717, 1.165) is 19.4 Å². The average molecular weight is 328 g/mol. The van der Waals surface area contributed by atoms with Gasteiger partial charge in [0.1, 0.15) is 0 Å². The van der Waals surface area contributed by atoms with E-state index < -0.39 is 15.6 Å². The molecule has 1 fully saturated rings. The van der Waals surface area contributed by atoms with Gasteiger partial charge in [0.2, 0.25) is 5.91 Å². The SMILES string of the molecule is CN1CCCC1=O.O=S(=O)(O)C(F)(F)F.c1ccncc1. The molecular formula is C11H15F3N2O4S. The fourth-order valence-electron chi connectivity index (χ4n) is 1.10. The van der Waals surface area contributed by atoms with E-state index in [9.17, 15) is 18.0 Å². The summed E-state index contributed by atoms with van der Waals surface area (Å²) in [6, 6.07) is 5.72. The predicted molar refractivity (Wildman–Crippen MR) is 68.7 cm³/mol. The van der Waals surface area contributed by atoms with Crippen molar-refractivity contribution in [3.05, 3.63) is 30.6 Å². The third-order valence-corrected chi connectivity index (χ3v) is 2.75. The summed E-state index contributed by atoms with van der Waals surface area (Å²) >= 11 is 0. The summed E-state index contributed by atoms with van der Waals surface area (Å²) in [5.41, 5.74) is -5.53. The van der Waals surface area contributed by atoms with Crippen LogP contribution in [0, 0.1) is 0 Å². The molecular weight excluding hydrogens is 313 g/mol. The molecule has 0 aromatic carbocycles. The maximum atomic E-state index is 10.7. The molecule has 1 saturated heterocycles. The number of rotatable bonds is 0. The first-order valence-corrected chi connectivity index (χ1v) is 7.12.